The van der Waals surface area contributed by atoms with Gasteiger partial charge < -0.3 is 15.4 Å². The van der Waals surface area contributed by atoms with Gasteiger partial charge in [0.05, 0.1) is 7.11 Å². The number of hydrogen-bond acceptors (Lipinski definition) is 3. The number of guanidine groups is 1. The Hall–Kier alpha value is -1.83. The number of benzene rings is 1. The molecule has 2 N–H and O–H groups in total. The molecule has 2 aromatic rings. The lowest BCUT2D eigenvalue weighted by Gasteiger charge is -2.13. The van der Waals surface area contributed by atoms with Crippen LogP contribution in [0.1, 0.15) is 16.7 Å². The van der Waals surface area contributed by atoms with Crippen LogP contribution in [0.25, 0.3) is 0 Å². The molecule has 6 heteroatoms. The van der Waals surface area contributed by atoms with Crippen LogP contribution in [-0.4, -0.2) is 38.2 Å². The third kappa shape index (κ3) is 7.29. The molecule has 0 saturated heterocycles. The number of nitrogens with one attached hydrogen (secondary N) is 2. The van der Waals surface area contributed by atoms with Crippen LogP contribution in [0.15, 0.2) is 47.7 Å². The largest absolute Gasteiger partial charge is 0.496 e. The highest BCUT2D eigenvalue weighted by Gasteiger charge is 2.04. The maximum Gasteiger partial charge on any atom is 0.190 e. The van der Waals surface area contributed by atoms with Gasteiger partial charge in [0.25, 0.3) is 0 Å². The molecule has 0 radical (unpaired) electrons. The summed E-state index contributed by atoms with van der Waals surface area (Å²) in [5.74, 6) is 1.74. The first-order valence-electron chi connectivity index (χ1n) is 8.20. The molecule has 5 nitrogen and oxygen atoms in total. The molecule has 136 valence electrons. The molecule has 0 aliphatic carbocycles. The second-order valence-corrected chi connectivity index (χ2v) is 5.60. The van der Waals surface area contributed by atoms with Crippen molar-refractivity contribution in [3.63, 3.8) is 0 Å². The van der Waals surface area contributed by atoms with Gasteiger partial charge in [-0.25, -0.2) is 0 Å². The van der Waals surface area contributed by atoms with Crippen molar-refractivity contribution in [2.24, 2.45) is 4.99 Å². The van der Waals surface area contributed by atoms with Crippen LogP contribution < -0.4 is 15.4 Å². The predicted molar refractivity (Wildman–Crippen MR) is 114 cm³/mol. The molecule has 0 unspecified atom stereocenters. The first-order chi connectivity index (χ1) is 11.7. The van der Waals surface area contributed by atoms with E-state index in [4.69, 9.17) is 4.74 Å². The molecule has 0 amide bonds. The second kappa shape index (κ2) is 11.7. The molecule has 0 atom stereocenters. The number of pyridine rings is 1. The van der Waals surface area contributed by atoms with Gasteiger partial charge in [-0.3, -0.25) is 9.98 Å². The van der Waals surface area contributed by atoms with E-state index in [9.17, 15) is 0 Å². The lowest BCUT2D eigenvalue weighted by Crippen LogP contribution is -2.39. The lowest BCUT2D eigenvalue weighted by atomic mass is 10.1. The second-order valence-electron chi connectivity index (χ2n) is 5.60. The Morgan fingerprint density at radius 3 is 2.56 bits per heavy atom. The number of aryl methyl sites for hydroxylation is 1. The number of rotatable bonds is 7. The molecular weight excluding hydrogens is 427 g/mol. The standard InChI is InChI=1S/C19H26N4O.HI/c1-15-6-7-18(24-3)17(13-15)9-12-23-19(20-2)22-11-8-16-5-4-10-21-14-16;/h4-7,10,13-14H,8-9,11-12H2,1-3H3,(H2,20,22,23);1H. The van der Waals surface area contributed by atoms with Crippen molar-refractivity contribution in [2.45, 2.75) is 19.8 Å². The summed E-state index contributed by atoms with van der Waals surface area (Å²) >= 11 is 0. The van der Waals surface area contributed by atoms with Gasteiger partial charge in [-0.2, -0.15) is 0 Å². The first-order valence-corrected chi connectivity index (χ1v) is 8.20. The summed E-state index contributed by atoms with van der Waals surface area (Å²) in [7, 11) is 3.49. The van der Waals surface area contributed by atoms with E-state index in [1.165, 1.54) is 16.7 Å². The van der Waals surface area contributed by atoms with Crippen molar-refractivity contribution < 1.29 is 4.74 Å². The van der Waals surface area contributed by atoms with E-state index in [1.54, 1.807) is 20.4 Å². The Morgan fingerprint density at radius 1 is 1.16 bits per heavy atom. The number of halogens is 1. The highest BCUT2D eigenvalue weighted by molar-refractivity contribution is 14.0. The Bertz CT molecular complexity index is 662. The zero-order valence-corrected chi connectivity index (χ0v) is 17.4. The van der Waals surface area contributed by atoms with E-state index >= 15 is 0 Å². The maximum atomic E-state index is 5.42. The van der Waals surface area contributed by atoms with Gasteiger partial charge in [-0.05, 0) is 43.0 Å². The van der Waals surface area contributed by atoms with E-state index < -0.39 is 0 Å². The molecule has 2 rings (SSSR count). The first kappa shape index (κ1) is 21.2. The van der Waals surface area contributed by atoms with E-state index in [0.717, 1.165) is 37.6 Å². The Kier molecular flexibility index (Phi) is 9.91. The fourth-order valence-electron chi connectivity index (χ4n) is 2.51. The van der Waals surface area contributed by atoms with E-state index in [1.807, 2.05) is 18.3 Å². The molecule has 0 bridgehead atoms. The molecule has 0 aliphatic rings. The Labute approximate surface area is 167 Å². The highest BCUT2D eigenvalue weighted by atomic mass is 127. The van der Waals surface area contributed by atoms with Gasteiger partial charge in [0.1, 0.15) is 5.75 Å². The number of methoxy groups -OCH3 is 1. The lowest BCUT2D eigenvalue weighted by molar-refractivity contribution is 0.409. The van der Waals surface area contributed by atoms with Crippen molar-refractivity contribution in [3.05, 3.63) is 59.4 Å². The molecule has 1 heterocycles. The predicted octanol–water partition coefficient (Wildman–Crippen LogP) is 2.97. The van der Waals surface area contributed by atoms with Crippen LogP contribution in [0.4, 0.5) is 0 Å². The monoisotopic (exact) mass is 454 g/mol. The fourth-order valence-corrected chi connectivity index (χ4v) is 2.51. The summed E-state index contributed by atoms with van der Waals surface area (Å²) in [6.45, 7) is 3.71. The molecule has 25 heavy (non-hydrogen) atoms. The number of nitrogens with zero attached hydrogens (tertiary/aromatic N) is 2. The van der Waals surface area contributed by atoms with Crippen LogP contribution in [0.2, 0.25) is 0 Å². The summed E-state index contributed by atoms with van der Waals surface area (Å²) in [6.07, 6.45) is 5.48. The summed E-state index contributed by atoms with van der Waals surface area (Å²) in [4.78, 5) is 8.38. The smallest absolute Gasteiger partial charge is 0.190 e. The van der Waals surface area contributed by atoms with Crippen LogP contribution >= 0.6 is 24.0 Å². The van der Waals surface area contributed by atoms with Crippen LogP contribution in [0.3, 0.4) is 0 Å². The molecular formula is C19H27IN4O. The fraction of sp³-hybridized carbons (Fsp3) is 0.368. The third-order valence-electron chi connectivity index (χ3n) is 3.78. The number of aromatic nitrogens is 1. The number of ether oxygens (including phenoxy) is 1. The molecule has 1 aromatic carbocycles. The van der Waals surface area contributed by atoms with E-state index in [2.05, 4.69) is 45.7 Å². The SMILES string of the molecule is CN=C(NCCc1cccnc1)NCCc1cc(C)ccc1OC.I. The highest BCUT2D eigenvalue weighted by Crippen LogP contribution is 2.19. The van der Waals surface area contributed by atoms with Crippen LogP contribution in [-0.2, 0) is 12.8 Å². The van der Waals surface area contributed by atoms with Gasteiger partial charge in [-0.15, -0.1) is 24.0 Å². The molecule has 0 spiro atoms. The summed E-state index contributed by atoms with van der Waals surface area (Å²) in [5, 5.41) is 6.67. The summed E-state index contributed by atoms with van der Waals surface area (Å²) in [5.41, 5.74) is 3.66. The minimum Gasteiger partial charge on any atom is -0.496 e. The topological polar surface area (TPSA) is 58.5 Å². The minimum absolute atomic E-state index is 0. The Morgan fingerprint density at radius 2 is 1.92 bits per heavy atom. The molecule has 0 fully saturated rings. The normalized spacial score (nSPS) is 10.8. The van der Waals surface area contributed by atoms with Crippen molar-refractivity contribution in [2.75, 3.05) is 27.2 Å². The van der Waals surface area contributed by atoms with Gasteiger partial charge >= 0.3 is 0 Å². The Balaban J connectivity index is 0.00000312. The molecule has 1 aromatic heterocycles. The van der Waals surface area contributed by atoms with Crippen molar-refractivity contribution in [1.29, 1.82) is 0 Å². The number of aliphatic imine (C=N–C) groups is 1. The van der Waals surface area contributed by atoms with Gasteiger partial charge in [0.15, 0.2) is 5.96 Å². The van der Waals surface area contributed by atoms with Gasteiger partial charge in [-0.1, -0.05) is 23.8 Å². The molecule has 0 aliphatic heterocycles. The zero-order valence-electron chi connectivity index (χ0n) is 15.1. The average Bonchev–Trinajstić information content (AvgIpc) is 2.61. The van der Waals surface area contributed by atoms with Crippen LogP contribution in [0, 0.1) is 6.92 Å². The summed E-state index contributed by atoms with van der Waals surface area (Å²) in [6, 6.07) is 10.3. The van der Waals surface area contributed by atoms with Crippen molar-refractivity contribution in [1.82, 2.24) is 15.6 Å². The summed E-state index contributed by atoms with van der Waals surface area (Å²) < 4.78 is 5.42. The number of hydrogen-bond donors (Lipinski definition) is 2. The van der Waals surface area contributed by atoms with Gasteiger partial charge in [0, 0.05) is 32.5 Å². The van der Waals surface area contributed by atoms with Gasteiger partial charge in [0.2, 0.25) is 0 Å². The zero-order chi connectivity index (χ0) is 17.2. The quantitative estimate of drug-likeness (QED) is 0.384. The minimum atomic E-state index is 0. The average molecular weight is 454 g/mol. The van der Waals surface area contributed by atoms with Crippen molar-refractivity contribution in [3.8, 4) is 5.75 Å². The van der Waals surface area contributed by atoms with Crippen LogP contribution in [0.5, 0.6) is 5.75 Å². The van der Waals surface area contributed by atoms with E-state index in [-0.39, 0.29) is 24.0 Å². The van der Waals surface area contributed by atoms with E-state index in [0.29, 0.717) is 0 Å². The molecule has 0 saturated carbocycles. The van der Waals surface area contributed by atoms with Crippen molar-refractivity contribution >= 4 is 29.9 Å². The maximum absolute atomic E-state index is 5.42. The third-order valence-corrected chi connectivity index (χ3v) is 3.78.